The molecule has 0 radical (unpaired) electrons. The summed E-state index contributed by atoms with van der Waals surface area (Å²) in [6, 6.07) is 2.16. The van der Waals surface area contributed by atoms with E-state index in [0.29, 0.717) is 30.4 Å². The third-order valence-electron chi connectivity index (χ3n) is 2.80. The van der Waals surface area contributed by atoms with Gasteiger partial charge in [0.2, 0.25) is 11.8 Å². The average Bonchev–Trinajstić information content (AvgIpc) is 2.27. The van der Waals surface area contributed by atoms with Crippen molar-refractivity contribution in [2.75, 3.05) is 32.6 Å². The summed E-state index contributed by atoms with van der Waals surface area (Å²) in [4.78, 5) is 11.0. The molecule has 1 aromatic rings. The molecule has 5 heteroatoms. The quantitative estimate of drug-likeness (QED) is 0.820. The molecule has 0 saturated carbocycles. The van der Waals surface area contributed by atoms with E-state index in [0.717, 1.165) is 12.2 Å². The number of ether oxygens (including phenoxy) is 1. The van der Waals surface area contributed by atoms with Crippen LogP contribution < -0.4 is 10.1 Å². The molecule has 0 aromatic carbocycles. The lowest BCUT2D eigenvalue weighted by atomic mass is 10.0. The maximum absolute atomic E-state index is 5.45. The second-order valence-electron chi connectivity index (χ2n) is 5.36. The van der Waals surface area contributed by atoms with E-state index in [2.05, 4.69) is 48.1 Å². The van der Waals surface area contributed by atoms with E-state index in [-0.39, 0.29) is 0 Å². The Kier molecular flexibility index (Phi) is 6.02. The van der Waals surface area contributed by atoms with E-state index in [4.69, 9.17) is 4.74 Å². The molecule has 0 amide bonds. The molecule has 1 heterocycles. The summed E-state index contributed by atoms with van der Waals surface area (Å²) < 4.78 is 5.45. The van der Waals surface area contributed by atoms with Crippen LogP contribution in [0.3, 0.4) is 0 Å². The van der Waals surface area contributed by atoms with Gasteiger partial charge in [-0.15, -0.1) is 0 Å². The van der Waals surface area contributed by atoms with Crippen molar-refractivity contribution in [2.24, 2.45) is 5.92 Å². The first kappa shape index (κ1) is 15.7. The van der Waals surface area contributed by atoms with Crippen LogP contribution in [0.5, 0.6) is 5.88 Å². The van der Waals surface area contributed by atoms with Crippen LogP contribution in [0.15, 0.2) is 6.07 Å². The van der Waals surface area contributed by atoms with Crippen LogP contribution in [0.25, 0.3) is 0 Å². The Morgan fingerprint density at radius 2 is 2.00 bits per heavy atom. The van der Waals surface area contributed by atoms with E-state index in [9.17, 15) is 0 Å². The van der Waals surface area contributed by atoms with Crippen molar-refractivity contribution in [1.29, 1.82) is 0 Å². The number of hydrogen-bond donors (Lipinski definition) is 1. The highest BCUT2D eigenvalue weighted by atomic mass is 16.5. The summed E-state index contributed by atoms with van der Waals surface area (Å²) in [5.74, 6) is 1.77. The van der Waals surface area contributed by atoms with E-state index in [1.165, 1.54) is 0 Å². The maximum atomic E-state index is 5.45. The van der Waals surface area contributed by atoms with Gasteiger partial charge in [0.25, 0.3) is 0 Å². The van der Waals surface area contributed by atoms with Gasteiger partial charge < -0.3 is 15.0 Å². The van der Waals surface area contributed by atoms with Crippen molar-refractivity contribution < 1.29 is 4.74 Å². The molecule has 1 atom stereocenters. The van der Waals surface area contributed by atoms with Gasteiger partial charge in [-0.3, -0.25) is 0 Å². The van der Waals surface area contributed by atoms with Gasteiger partial charge in [-0.25, -0.2) is 4.98 Å². The normalized spacial score (nSPS) is 12.8. The Labute approximate surface area is 116 Å². The van der Waals surface area contributed by atoms with Gasteiger partial charge in [-0.05, 0) is 33.9 Å². The Morgan fingerprint density at radius 1 is 1.32 bits per heavy atom. The lowest BCUT2D eigenvalue weighted by molar-refractivity contribution is 0.324. The molecule has 1 aromatic heterocycles. The highest BCUT2D eigenvalue weighted by molar-refractivity contribution is 5.32. The number of nitrogens with one attached hydrogen (secondary N) is 1. The van der Waals surface area contributed by atoms with Gasteiger partial charge in [0.05, 0.1) is 6.61 Å². The zero-order valence-electron chi connectivity index (χ0n) is 12.9. The molecule has 0 aliphatic carbocycles. The van der Waals surface area contributed by atoms with Gasteiger partial charge in [-0.2, -0.15) is 4.98 Å². The van der Waals surface area contributed by atoms with Crippen molar-refractivity contribution in [3.8, 4) is 5.88 Å². The molecule has 1 rings (SSSR count). The Balaban J connectivity index is 2.83. The van der Waals surface area contributed by atoms with Crippen molar-refractivity contribution in [3.05, 3.63) is 11.8 Å². The highest BCUT2D eigenvalue weighted by Crippen LogP contribution is 2.15. The maximum Gasteiger partial charge on any atom is 0.226 e. The molecular formula is C14H26N4O. The van der Waals surface area contributed by atoms with E-state index in [1.54, 1.807) is 0 Å². The van der Waals surface area contributed by atoms with Gasteiger partial charge in [0.1, 0.15) is 0 Å². The lowest BCUT2D eigenvalue weighted by Crippen LogP contribution is -2.37. The molecular weight excluding hydrogens is 240 g/mol. The average molecular weight is 266 g/mol. The largest absolute Gasteiger partial charge is 0.478 e. The first-order valence-electron chi connectivity index (χ1n) is 6.82. The van der Waals surface area contributed by atoms with Crippen LogP contribution in [0.1, 0.15) is 26.5 Å². The predicted molar refractivity (Wildman–Crippen MR) is 78.7 cm³/mol. The predicted octanol–water partition coefficient (Wildman–Crippen LogP) is 2.18. The first-order chi connectivity index (χ1) is 8.92. The molecule has 5 nitrogen and oxygen atoms in total. The first-order valence-corrected chi connectivity index (χ1v) is 6.82. The molecule has 0 aliphatic rings. The summed E-state index contributed by atoms with van der Waals surface area (Å²) >= 11 is 0. The molecule has 0 saturated heterocycles. The monoisotopic (exact) mass is 266 g/mol. The molecule has 0 fully saturated rings. The lowest BCUT2D eigenvalue weighted by Gasteiger charge is -2.25. The van der Waals surface area contributed by atoms with Crippen molar-refractivity contribution in [2.45, 2.75) is 33.7 Å². The highest BCUT2D eigenvalue weighted by Gasteiger charge is 2.16. The smallest absolute Gasteiger partial charge is 0.226 e. The van der Waals surface area contributed by atoms with Crippen molar-refractivity contribution in [1.82, 2.24) is 14.9 Å². The van der Waals surface area contributed by atoms with Gasteiger partial charge in [0.15, 0.2) is 0 Å². The fraction of sp³-hybridized carbons (Fsp3) is 0.714. The number of hydrogen-bond acceptors (Lipinski definition) is 5. The third kappa shape index (κ3) is 5.42. The molecule has 1 unspecified atom stereocenters. The van der Waals surface area contributed by atoms with Gasteiger partial charge in [0, 0.05) is 24.3 Å². The van der Waals surface area contributed by atoms with Crippen molar-refractivity contribution in [3.63, 3.8) is 0 Å². The third-order valence-corrected chi connectivity index (χ3v) is 2.80. The Hall–Kier alpha value is -1.36. The number of nitrogens with zero attached hydrogens (tertiary/aromatic N) is 3. The van der Waals surface area contributed by atoms with Crippen LogP contribution in [0, 0.1) is 12.8 Å². The topological polar surface area (TPSA) is 50.3 Å². The standard InChI is InChI=1S/C14H26N4O/c1-7-19-13-8-11(4)15-14(17-13)16-12(10(2)3)9-18(5)6/h8,10,12H,7,9H2,1-6H3,(H,15,16,17). The van der Waals surface area contributed by atoms with E-state index in [1.807, 2.05) is 19.9 Å². The van der Waals surface area contributed by atoms with Gasteiger partial charge in [-0.1, -0.05) is 13.8 Å². The fourth-order valence-electron chi connectivity index (χ4n) is 1.81. The Bertz CT molecular complexity index is 393. The van der Waals surface area contributed by atoms with E-state index >= 15 is 0 Å². The zero-order valence-corrected chi connectivity index (χ0v) is 12.9. The molecule has 0 bridgehead atoms. The minimum atomic E-state index is 0.311. The second kappa shape index (κ2) is 7.28. The Morgan fingerprint density at radius 3 is 2.53 bits per heavy atom. The molecule has 0 aliphatic heterocycles. The van der Waals surface area contributed by atoms with Crippen LogP contribution in [-0.2, 0) is 0 Å². The van der Waals surface area contributed by atoms with Crippen LogP contribution in [0.2, 0.25) is 0 Å². The second-order valence-corrected chi connectivity index (χ2v) is 5.36. The summed E-state index contributed by atoms with van der Waals surface area (Å²) in [6.45, 7) is 9.85. The summed E-state index contributed by atoms with van der Waals surface area (Å²) in [5, 5.41) is 3.41. The van der Waals surface area contributed by atoms with Crippen molar-refractivity contribution >= 4 is 5.95 Å². The van der Waals surface area contributed by atoms with Crippen LogP contribution in [-0.4, -0.2) is 48.2 Å². The molecule has 0 spiro atoms. The summed E-state index contributed by atoms with van der Waals surface area (Å²) in [5.41, 5.74) is 0.910. The fourth-order valence-corrected chi connectivity index (χ4v) is 1.81. The summed E-state index contributed by atoms with van der Waals surface area (Å²) in [7, 11) is 4.14. The number of aromatic nitrogens is 2. The number of likely N-dealkylation sites (N-methyl/N-ethyl adjacent to an activating group) is 1. The number of rotatable bonds is 7. The zero-order chi connectivity index (χ0) is 14.4. The minimum absolute atomic E-state index is 0.311. The number of anilines is 1. The number of aryl methyl sites for hydroxylation is 1. The van der Waals surface area contributed by atoms with Crippen LogP contribution >= 0.6 is 0 Å². The van der Waals surface area contributed by atoms with Gasteiger partial charge >= 0.3 is 0 Å². The summed E-state index contributed by atoms with van der Waals surface area (Å²) in [6.07, 6.45) is 0. The molecule has 108 valence electrons. The SMILES string of the molecule is CCOc1cc(C)nc(NC(CN(C)C)C(C)C)n1. The molecule has 19 heavy (non-hydrogen) atoms. The van der Waals surface area contributed by atoms with Crippen LogP contribution in [0.4, 0.5) is 5.95 Å². The minimum Gasteiger partial charge on any atom is -0.478 e. The molecule has 1 N–H and O–H groups in total. The van der Waals surface area contributed by atoms with E-state index < -0.39 is 0 Å².